The first-order valence-corrected chi connectivity index (χ1v) is 6.78. The van der Waals surface area contributed by atoms with Crippen molar-refractivity contribution in [1.29, 1.82) is 0 Å². The molecule has 0 radical (unpaired) electrons. The van der Waals surface area contributed by atoms with Gasteiger partial charge in [-0.2, -0.15) is 5.10 Å². The lowest BCUT2D eigenvalue weighted by atomic mass is 10.3. The summed E-state index contributed by atoms with van der Waals surface area (Å²) in [5.41, 5.74) is 5.92. The first-order chi connectivity index (χ1) is 9.56. The number of rotatable bonds is 4. The predicted octanol–water partition coefficient (Wildman–Crippen LogP) is 1.39. The maximum Gasteiger partial charge on any atom is 0.266 e. The van der Waals surface area contributed by atoms with Crippen molar-refractivity contribution >= 4 is 28.9 Å². The molecule has 0 unspecified atom stereocenters. The molecule has 0 fully saturated rings. The van der Waals surface area contributed by atoms with Crippen molar-refractivity contribution < 1.29 is 10.0 Å². The lowest BCUT2D eigenvalue weighted by molar-refractivity contribution is 0.102. The quantitative estimate of drug-likeness (QED) is 0.343. The largest absolute Gasteiger partial charge is 0.409 e. The number of carbonyl (C=O) groups excluding carboxylic acids is 1. The van der Waals surface area contributed by atoms with Gasteiger partial charge in [-0.1, -0.05) is 12.1 Å². The normalized spacial score (nSPS) is 11.6. The second-order valence-corrected chi connectivity index (χ2v) is 5.26. The fourth-order valence-corrected chi connectivity index (χ4v) is 2.53. The molecule has 2 aromatic heterocycles. The number of hydrogen-bond donors (Lipinski definition) is 3. The highest BCUT2D eigenvalue weighted by Gasteiger charge is 2.17. The second kappa shape index (κ2) is 5.74. The summed E-state index contributed by atoms with van der Waals surface area (Å²) in [4.78, 5) is 13.9. The molecule has 0 saturated carbocycles. The molecule has 106 valence electrons. The molecule has 4 N–H and O–H groups in total. The third-order valence-corrected chi connectivity index (χ3v) is 4.02. The lowest BCUT2D eigenvalue weighted by Crippen LogP contribution is -2.19. The van der Waals surface area contributed by atoms with E-state index in [1.807, 2.05) is 13.0 Å². The van der Waals surface area contributed by atoms with E-state index in [0.717, 1.165) is 11.3 Å². The van der Waals surface area contributed by atoms with Crippen LogP contribution in [0.1, 0.15) is 27.0 Å². The van der Waals surface area contributed by atoms with Gasteiger partial charge in [-0.25, -0.2) is 0 Å². The number of oxime groups is 1. The Morgan fingerprint density at radius 1 is 1.60 bits per heavy atom. The van der Waals surface area contributed by atoms with Gasteiger partial charge < -0.3 is 16.3 Å². The Hall–Kier alpha value is -2.35. The Kier molecular flexibility index (Phi) is 4.04. The highest BCUT2D eigenvalue weighted by molar-refractivity contribution is 7.14. The first-order valence-electron chi connectivity index (χ1n) is 5.96. The summed E-state index contributed by atoms with van der Waals surface area (Å²) < 4.78 is 1.46. The molecular weight excluding hydrogens is 278 g/mol. The minimum absolute atomic E-state index is 0.103. The van der Waals surface area contributed by atoms with Crippen molar-refractivity contribution in [2.45, 2.75) is 13.3 Å². The van der Waals surface area contributed by atoms with Crippen LogP contribution in [0, 0.1) is 0 Å². The van der Waals surface area contributed by atoms with E-state index in [4.69, 9.17) is 10.9 Å². The van der Waals surface area contributed by atoms with Crippen molar-refractivity contribution in [3.05, 3.63) is 33.6 Å². The maximum atomic E-state index is 12.2. The van der Waals surface area contributed by atoms with Crippen molar-refractivity contribution in [3.8, 4) is 0 Å². The van der Waals surface area contributed by atoms with Crippen LogP contribution in [0.2, 0.25) is 0 Å². The Labute approximate surface area is 119 Å². The molecule has 0 saturated heterocycles. The molecule has 0 spiro atoms. The third-order valence-electron chi connectivity index (χ3n) is 2.79. The van der Waals surface area contributed by atoms with E-state index in [9.17, 15) is 4.79 Å². The summed E-state index contributed by atoms with van der Waals surface area (Å²) >= 11 is 1.44. The van der Waals surface area contributed by atoms with Crippen molar-refractivity contribution in [3.63, 3.8) is 0 Å². The van der Waals surface area contributed by atoms with Crippen LogP contribution in [0.3, 0.4) is 0 Å². The van der Waals surface area contributed by atoms with Crippen molar-refractivity contribution in [2.75, 3.05) is 5.32 Å². The van der Waals surface area contributed by atoms with Crippen LogP contribution < -0.4 is 11.1 Å². The molecule has 1 amide bonds. The zero-order chi connectivity index (χ0) is 14.7. The number of carbonyl (C=O) groups is 1. The minimum atomic E-state index is -0.245. The van der Waals surface area contributed by atoms with Gasteiger partial charge >= 0.3 is 0 Å². The molecule has 2 rings (SSSR count). The van der Waals surface area contributed by atoms with Crippen LogP contribution in [0.15, 0.2) is 23.5 Å². The Balaban J connectivity index is 2.26. The second-order valence-electron chi connectivity index (χ2n) is 4.09. The van der Waals surface area contributed by atoms with Gasteiger partial charge in [-0.3, -0.25) is 9.48 Å². The van der Waals surface area contributed by atoms with E-state index in [1.54, 1.807) is 13.1 Å². The molecule has 0 aromatic carbocycles. The molecule has 0 aliphatic heterocycles. The summed E-state index contributed by atoms with van der Waals surface area (Å²) in [5, 5.41) is 18.4. The van der Waals surface area contributed by atoms with E-state index < -0.39 is 0 Å². The number of aryl methyl sites for hydroxylation is 2. The van der Waals surface area contributed by atoms with Crippen LogP contribution in [0.4, 0.5) is 5.82 Å². The number of amides is 1. The van der Waals surface area contributed by atoms with E-state index in [1.165, 1.54) is 22.2 Å². The number of anilines is 1. The van der Waals surface area contributed by atoms with E-state index in [-0.39, 0.29) is 11.7 Å². The number of nitrogens with zero attached hydrogens (tertiary/aromatic N) is 3. The van der Waals surface area contributed by atoms with Gasteiger partial charge in [0.1, 0.15) is 5.82 Å². The van der Waals surface area contributed by atoms with Crippen molar-refractivity contribution in [2.24, 2.45) is 17.9 Å². The predicted molar refractivity (Wildman–Crippen MR) is 77.4 cm³/mol. The highest BCUT2D eigenvalue weighted by atomic mass is 32.1. The fourth-order valence-electron chi connectivity index (χ4n) is 1.69. The Morgan fingerprint density at radius 2 is 2.35 bits per heavy atom. The molecule has 20 heavy (non-hydrogen) atoms. The number of aromatic nitrogens is 2. The zero-order valence-corrected chi connectivity index (χ0v) is 11.9. The summed E-state index contributed by atoms with van der Waals surface area (Å²) in [5.74, 6) is 0.0378. The Bertz CT molecular complexity index is 659. The molecule has 0 aliphatic carbocycles. The van der Waals surface area contributed by atoms with Gasteiger partial charge in [0.25, 0.3) is 5.91 Å². The Morgan fingerprint density at radius 3 is 2.95 bits per heavy atom. The molecule has 7 nitrogen and oxygen atoms in total. The summed E-state index contributed by atoms with van der Waals surface area (Å²) in [6, 6.07) is 3.70. The number of amidine groups is 1. The topological polar surface area (TPSA) is 106 Å². The van der Waals surface area contributed by atoms with Gasteiger partial charge in [0.05, 0.1) is 16.6 Å². The van der Waals surface area contributed by atoms with Gasteiger partial charge in [0, 0.05) is 11.9 Å². The molecular formula is C12H15N5O2S. The van der Waals surface area contributed by atoms with E-state index in [0.29, 0.717) is 16.3 Å². The van der Waals surface area contributed by atoms with Gasteiger partial charge in [-0.05, 0) is 18.6 Å². The van der Waals surface area contributed by atoms with Gasteiger partial charge in [-0.15, -0.1) is 11.3 Å². The molecule has 0 bridgehead atoms. The molecule has 0 atom stereocenters. The number of hydrogen-bond acceptors (Lipinski definition) is 5. The van der Waals surface area contributed by atoms with Crippen LogP contribution in [-0.2, 0) is 13.5 Å². The van der Waals surface area contributed by atoms with E-state index >= 15 is 0 Å². The molecule has 2 aromatic rings. The number of thiophene rings is 1. The summed E-state index contributed by atoms with van der Waals surface area (Å²) in [6.07, 6.45) is 2.32. The van der Waals surface area contributed by atoms with Gasteiger partial charge in [0.15, 0.2) is 5.84 Å². The van der Waals surface area contributed by atoms with Crippen LogP contribution >= 0.6 is 11.3 Å². The maximum absolute atomic E-state index is 12.2. The van der Waals surface area contributed by atoms with Crippen LogP contribution in [-0.4, -0.2) is 26.7 Å². The number of nitrogens with one attached hydrogen (secondary N) is 1. The third kappa shape index (κ3) is 2.64. The summed E-state index contributed by atoms with van der Waals surface area (Å²) in [7, 11) is 1.66. The average molecular weight is 293 g/mol. The minimum Gasteiger partial charge on any atom is -0.409 e. The first kappa shape index (κ1) is 14.1. The zero-order valence-electron chi connectivity index (χ0n) is 11.1. The van der Waals surface area contributed by atoms with Crippen LogP contribution in [0.25, 0.3) is 0 Å². The smallest absolute Gasteiger partial charge is 0.266 e. The summed E-state index contributed by atoms with van der Waals surface area (Å²) in [6.45, 7) is 2.03. The molecule has 0 aliphatic rings. The van der Waals surface area contributed by atoms with Gasteiger partial charge in [0.2, 0.25) is 0 Å². The lowest BCUT2D eigenvalue weighted by Gasteiger charge is -2.06. The monoisotopic (exact) mass is 293 g/mol. The molecule has 2 heterocycles. The standard InChI is InChI=1S/C12H15N5O2S/c1-3-7-4-5-9(20-7)12(18)15-11-8(10(13)16-19)6-14-17(11)2/h4-6,19H,3H2,1-2H3,(H2,13,16)(H,15,18). The average Bonchev–Trinajstić information content (AvgIpc) is 3.06. The highest BCUT2D eigenvalue weighted by Crippen LogP contribution is 2.20. The van der Waals surface area contributed by atoms with E-state index in [2.05, 4.69) is 15.6 Å². The van der Waals surface area contributed by atoms with Crippen molar-refractivity contribution in [1.82, 2.24) is 9.78 Å². The molecule has 8 heteroatoms. The fraction of sp³-hybridized carbons (Fsp3) is 0.250. The SMILES string of the molecule is CCc1ccc(C(=O)Nc2c(C(N)=NO)cnn2C)s1. The number of nitrogens with two attached hydrogens (primary N) is 1. The van der Waals surface area contributed by atoms with Crippen LogP contribution in [0.5, 0.6) is 0 Å².